The summed E-state index contributed by atoms with van der Waals surface area (Å²) in [7, 11) is 0. The molecule has 0 radical (unpaired) electrons. The Hall–Kier alpha value is -1.85. The highest BCUT2D eigenvalue weighted by molar-refractivity contribution is 6.30. The summed E-state index contributed by atoms with van der Waals surface area (Å²) in [5.74, 6) is -0.138. The molecule has 1 saturated carbocycles. The number of benzene rings is 1. The number of carbonyl (C=O) groups is 1. The summed E-state index contributed by atoms with van der Waals surface area (Å²) < 4.78 is 1.65. The summed E-state index contributed by atoms with van der Waals surface area (Å²) in [5.41, 5.74) is 7.12. The number of aromatic nitrogens is 2. The van der Waals surface area contributed by atoms with Gasteiger partial charge in [0.15, 0.2) is 5.69 Å². The number of nitrogens with one attached hydrogen (secondary N) is 1. The van der Waals surface area contributed by atoms with Crippen LogP contribution in [0.15, 0.2) is 36.5 Å². The van der Waals surface area contributed by atoms with Crippen LogP contribution in [-0.2, 0) is 0 Å². The summed E-state index contributed by atoms with van der Waals surface area (Å²) in [6.45, 7) is 0. The third kappa shape index (κ3) is 3.48. The highest BCUT2D eigenvalue weighted by Gasteiger charge is 2.21. The molecule has 22 heavy (non-hydrogen) atoms. The standard InChI is InChI=1S/C16H19ClN4O/c17-11-2-1-3-14(10-11)21-9-8-15(20-21)16(22)19-13-6-4-12(18)5-7-13/h1-3,8-10,12-13H,4-7,18H2,(H,19,22). The molecule has 116 valence electrons. The molecule has 1 aliphatic carbocycles. The maximum atomic E-state index is 12.3. The molecule has 1 aromatic heterocycles. The molecule has 0 spiro atoms. The molecule has 3 rings (SSSR count). The monoisotopic (exact) mass is 318 g/mol. The number of rotatable bonds is 3. The summed E-state index contributed by atoms with van der Waals surface area (Å²) in [4.78, 5) is 12.3. The van der Waals surface area contributed by atoms with Crippen molar-refractivity contribution in [2.24, 2.45) is 5.73 Å². The lowest BCUT2D eigenvalue weighted by Crippen LogP contribution is -2.40. The van der Waals surface area contributed by atoms with Crippen LogP contribution in [0.1, 0.15) is 36.2 Å². The Morgan fingerprint density at radius 1 is 1.27 bits per heavy atom. The fourth-order valence-corrected chi connectivity index (χ4v) is 2.91. The molecule has 1 heterocycles. The summed E-state index contributed by atoms with van der Waals surface area (Å²) in [6, 6.07) is 9.53. The van der Waals surface area contributed by atoms with Crippen LogP contribution in [-0.4, -0.2) is 27.8 Å². The fourth-order valence-electron chi connectivity index (χ4n) is 2.73. The summed E-state index contributed by atoms with van der Waals surface area (Å²) in [5, 5.41) is 8.00. The summed E-state index contributed by atoms with van der Waals surface area (Å²) in [6.07, 6.45) is 5.55. The number of amides is 1. The van der Waals surface area contributed by atoms with Gasteiger partial charge in [0.25, 0.3) is 5.91 Å². The van der Waals surface area contributed by atoms with Crippen molar-refractivity contribution in [3.8, 4) is 5.69 Å². The number of hydrogen-bond acceptors (Lipinski definition) is 3. The highest BCUT2D eigenvalue weighted by Crippen LogP contribution is 2.18. The smallest absolute Gasteiger partial charge is 0.272 e. The molecule has 0 atom stereocenters. The van der Waals surface area contributed by atoms with Crippen molar-refractivity contribution in [3.63, 3.8) is 0 Å². The quantitative estimate of drug-likeness (QED) is 0.913. The van der Waals surface area contributed by atoms with E-state index in [-0.39, 0.29) is 18.0 Å². The van der Waals surface area contributed by atoms with Crippen LogP contribution in [0.5, 0.6) is 0 Å². The molecular weight excluding hydrogens is 300 g/mol. The van der Waals surface area contributed by atoms with E-state index in [9.17, 15) is 4.79 Å². The largest absolute Gasteiger partial charge is 0.348 e. The van der Waals surface area contributed by atoms with Crippen LogP contribution in [0.25, 0.3) is 5.69 Å². The predicted molar refractivity (Wildman–Crippen MR) is 86.3 cm³/mol. The number of hydrogen-bond donors (Lipinski definition) is 2. The van der Waals surface area contributed by atoms with Gasteiger partial charge < -0.3 is 11.1 Å². The van der Waals surface area contributed by atoms with Gasteiger partial charge in [0, 0.05) is 23.3 Å². The fraction of sp³-hybridized carbons (Fsp3) is 0.375. The summed E-state index contributed by atoms with van der Waals surface area (Å²) >= 11 is 5.97. The van der Waals surface area contributed by atoms with Crippen molar-refractivity contribution in [1.82, 2.24) is 15.1 Å². The van der Waals surface area contributed by atoms with Gasteiger partial charge in [-0.2, -0.15) is 5.10 Å². The SMILES string of the molecule is NC1CCC(NC(=O)c2ccn(-c3cccc(Cl)c3)n2)CC1. The Bertz CT molecular complexity index is 662. The number of nitrogens with two attached hydrogens (primary N) is 1. The van der Waals surface area contributed by atoms with Gasteiger partial charge in [0.2, 0.25) is 0 Å². The topological polar surface area (TPSA) is 72.9 Å². The molecule has 6 heteroatoms. The lowest BCUT2D eigenvalue weighted by Gasteiger charge is -2.26. The molecule has 1 fully saturated rings. The zero-order chi connectivity index (χ0) is 15.5. The van der Waals surface area contributed by atoms with Crippen molar-refractivity contribution >= 4 is 17.5 Å². The van der Waals surface area contributed by atoms with E-state index in [1.165, 1.54) is 0 Å². The number of nitrogens with zero attached hydrogens (tertiary/aromatic N) is 2. The molecule has 3 N–H and O–H groups in total. The first kappa shape index (κ1) is 15.1. The van der Waals surface area contributed by atoms with Crippen LogP contribution < -0.4 is 11.1 Å². The molecule has 2 aromatic rings. The van der Waals surface area contributed by atoms with E-state index in [4.69, 9.17) is 17.3 Å². The minimum atomic E-state index is -0.138. The Labute approximate surface area is 134 Å². The molecule has 5 nitrogen and oxygen atoms in total. The van der Waals surface area contributed by atoms with Gasteiger partial charge in [0.1, 0.15) is 0 Å². The third-order valence-electron chi connectivity index (χ3n) is 4.00. The molecule has 1 amide bonds. The lowest BCUT2D eigenvalue weighted by molar-refractivity contribution is 0.0920. The van der Waals surface area contributed by atoms with Gasteiger partial charge in [-0.3, -0.25) is 4.79 Å². The maximum absolute atomic E-state index is 12.3. The van der Waals surface area contributed by atoms with Crippen LogP contribution >= 0.6 is 11.6 Å². The van der Waals surface area contributed by atoms with Crippen molar-refractivity contribution in [1.29, 1.82) is 0 Å². The van der Waals surface area contributed by atoms with Gasteiger partial charge in [0.05, 0.1) is 5.69 Å². The lowest BCUT2D eigenvalue weighted by atomic mass is 9.92. The number of carbonyl (C=O) groups excluding carboxylic acids is 1. The minimum absolute atomic E-state index is 0.138. The maximum Gasteiger partial charge on any atom is 0.272 e. The van der Waals surface area contributed by atoms with Gasteiger partial charge in [-0.05, 0) is 49.9 Å². The average molecular weight is 319 g/mol. The first-order valence-corrected chi connectivity index (χ1v) is 7.87. The van der Waals surface area contributed by atoms with Crippen LogP contribution in [0.2, 0.25) is 5.02 Å². The second-order valence-corrected chi connectivity index (χ2v) is 6.15. The Morgan fingerprint density at radius 3 is 2.77 bits per heavy atom. The van der Waals surface area contributed by atoms with Crippen molar-refractivity contribution in [2.75, 3.05) is 0 Å². The highest BCUT2D eigenvalue weighted by atomic mass is 35.5. The zero-order valence-electron chi connectivity index (χ0n) is 12.2. The predicted octanol–water partition coefficient (Wildman–Crippen LogP) is 2.53. The van der Waals surface area contributed by atoms with Crippen molar-refractivity contribution < 1.29 is 4.79 Å². The first-order valence-electron chi connectivity index (χ1n) is 7.50. The molecule has 1 aromatic carbocycles. The first-order chi connectivity index (χ1) is 10.6. The second-order valence-electron chi connectivity index (χ2n) is 5.71. The Balaban J connectivity index is 1.67. The average Bonchev–Trinajstić information content (AvgIpc) is 3.00. The molecular formula is C16H19ClN4O. The zero-order valence-corrected chi connectivity index (χ0v) is 13.0. The third-order valence-corrected chi connectivity index (χ3v) is 4.24. The van der Waals surface area contributed by atoms with E-state index in [0.717, 1.165) is 31.4 Å². The van der Waals surface area contributed by atoms with Crippen LogP contribution in [0, 0.1) is 0 Å². The van der Waals surface area contributed by atoms with E-state index in [1.54, 1.807) is 29.1 Å². The molecule has 1 aliphatic rings. The Morgan fingerprint density at radius 2 is 2.05 bits per heavy atom. The molecule has 0 aliphatic heterocycles. The molecule has 0 unspecified atom stereocenters. The molecule has 0 bridgehead atoms. The van der Waals surface area contributed by atoms with Crippen molar-refractivity contribution in [3.05, 3.63) is 47.2 Å². The van der Waals surface area contributed by atoms with Crippen molar-refractivity contribution in [2.45, 2.75) is 37.8 Å². The van der Waals surface area contributed by atoms with E-state index in [0.29, 0.717) is 10.7 Å². The van der Waals surface area contributed by atoms with E-state index in [2.05, 4.69) is 10.4 Å². The number of halogens is 1. The Kier molecular flexibility index (Phi) is 4.45. The molecule has 0 saturated heterocycles. The normalized spacial score (nSPS) is 21.5. The van der Waals surface area contributed by atoms with Gasteiger partial charge >= 0.3 is 0 Å². The second kappa shape index (κ2) is 6.50. The minimum Gasteiger partial charge on any atom is -0.348 e. The van der Waals surface area contributed by atoms with Crippen LogP contribution in [0.3, 0.4) is 0 Å². The van der Waals surface area contributed by atoms with E-state index < -0.39 is 0 Å². The van der Waals surface area contributed by atoms with E-state index >= 15 is 0 Å². The van der Waals surface area contributed by atoms with E-state index in [1.807, 2.05) is 12.1 Å². The van der Waals surface area contributed by atoms with Gasteiger partial charge in [-0.1, -0.05) is 17.7 Å². The van der Waals surface area contributed by atoms with Crippen LogP contribution in [0.4, 0.5) is 0 Å². The van der Waals surface area contributed by atoms with Gasteiger partial charge in [-0.15, -0.1) is 0 Å². The van der Waals surface area contributed by atoms with Gasteiger partial charge in [-0.25, -0.2) is 4.68 Å².